The maximum absolute atomic E-state index is 6.20. The van der Waals surface area contributed by atoms with Gasteiger partial charge in [-0.05, 0) is 17.5 Å². The Kier molecular flexibility index (Phi) is 2.44. The highest BCUT2D eigenvalue weighted by Crippen LogP contribution is 2.60. The molecule has 1 aromatic rings. The first-order valence-corrected chi connectivity index (χ1v) is 5.46. The van der Waals surface area contributed by atoms with Crippen molar-refractivity contribution in [3.8, 4) is 5.75 Å². The highest BCUT2D eigenvalue weighted by Gasteiger charge is 2.57. The Labute approximate surface area is 95.4 Å². The van der Waals surface area contributed by atoms with Crippen molar-refractivity contribution in [1.82, 2.24) is 0 Å². The predicted octanol–water partition coefficient (Wildman–Crippen LogP) is 2.80. The van der Waals surface area contributed by atoms with Crippen LogP contribution in [0.5, 0.6) is 5.75 Å². The molecule has 0 aliphatic heterocycles. The highest BCUT2D eigenvalue weighted by molar-refractivity contribution is 6.31. The third kappa shape index (κ3) is 1.52. The van der Waals surface area contributed by atoms with E-state index < -0.39 is 0 Å². The zero-order valence-corrected chi connectivity index (χ0v) is 10.0. The van der Waals surface area contributed by atoms with Crippen molar-refractivity contribution in [2.24, 2.45) is 11.1 Å². The van der Waals surface area contributed by atoms with Gasteiger partial charge in [0.05, 0.1) is 7.11 Å². The predicted molar refractivity (Wildman–Crippen MR) is 62.5 cm³/mol. The fourth-order valence-electron chi connectivity index (χ4n) is 2.23. The SMILES string of the molecule is COc1cccc(Cl)c1[C@H]1[C@H](N)C1(C)C. The van der Waals surface area contributed by atoms with E-state index in [0.717, 1.165) is 16.3 Å². The second-order valence-corrected chi connectivity index (χ2v) is 5.09. The lowest BCUT2D eigenvalue weighted by atomic mass is 10.0. The van der Waals surface area contributed by atoms with Crippen LogP contribution in [0.2, 0.25) is 5.02 Å². The molecular weight excluding hydrogens is 210 g/mol. The topological polar surface area (TPSA) is 35.2 Å². The van der Waals surface area contributed by atoms with Gasteiger partial charge in [0.15, 0.2) is 0 Å². The van der Waals surface area contributed by atoms with Crippen LogP contribution in [0, 0.1) is 5.41 Å². The molecule has 2 nitrogen and oxygen atoms in total. The lowest BCUT2D eigenvalue weighted by Gasteiger charge is -2.11. The summed E-state index contributed by atoms with van der Waals surface area (Å²) in [6.07, 6.45) is 0. The van der Waals surface area contributed by atoms with Crippen LogP contribution in [0.25, 0.3) is 0 Å². The van der Waals surface area contributed by atoms with Gasteiger partial charge in [0, 0.05) is 22.5 Å². The van der Waals surface area contributed by atoms with Gasteiger partial charge >= 0.3 is 0 Å². The summed E-state index contributed by atoms with van der Waals surface area (Å²) < 4.78 is 5.33. The standard InChI is InChI=1S/C12H16ClNO/c1-12(2)10(11(12)14)9-7(13)5-4-6-8(9)15-3/h4-6,10-11H,14H2,1-3H3/t10-,11-/m0/s1. The monoisotopic (exact) mass is 225 g/mol. The summed E-state index contributed by atoms with van der Waals surface area (Å²) in [5.74, 6) is 1.15. The zero-order valence-electron chi connectivity index (χ0n) is 9.25. The van der Waals surface area contributed by atoms with E-state index in [-0.39, 0.29) is 11.5 Å². The minimum atomic E-state index is 0.123. The first-order valence-electron chi connectivity index (χ1n) is 5.08. The van der Waals surface area contributed by atoms with Crippen molar-refractivity contribution in [3.63, 3.8) is 0 Å². The van der Waals surface area contributed by atoms with Crippen molar-refractivity contribution >= 4 is 11.6 Å². The molecule has 1 aromatic carbocycles. The maximum atomic E-state index is 6.20. The molecule has 1 aliphatic rings. The zero-order chi connectivity index (χ0) is 11.2. The van der Waals surface area contributed by atoms with Gasteiger partial charge in [0.1, 0.15) is 5.75 Å². The quantitative estimate of drug-likeness (QED) is 0.840. The summed E-state index contributed by atoms with van der Waals surface area (Å²) in [6.45, 7) is 4.32. The van der Waals surface area contributed by atoms with Crippen LogP contribution in [0.1, 0.15) is 25.3 Å². The largest absolute Gasteiger partial charge is 0.496 e. The van der Waals surface area contributed by atoms with Gasteiger partial charge in [-0.25, -0.2) is 0 Å². The highest BCUT2D eigenvalue weighted by atomic mass is 35.5. The van der Waals surface area contributed by atoms with Crippen LogP contribution in [0.3, 0.4) is 0 Å². The third-order valence-corrected chi connectivity index (χ3v) is 3.78. The van der Waals surface area contributed by atoms with E-state index in [2.05, 4.69) is 13.8 Å². The number of rotatable bonds is 2. The molecular formula is C12H16ClNO. The molecule has 0 aromatic heterocycles. The lowest BCUT2D eigenvalue weighted by molar-refractivity contribution is 0.407. The minimum Gasteiger partial charge on any atom is -0.496 e. The molecule has 15 heavy (non-hydrogen) atoms. The summed E-state index contributed by atoms with van der Waals surface area (Å²) in [5, 5.41) is 0.750. The summed E-state index contributed by atoms with van der Waals surface area (Å²) >= 11 is 6.20. The Bertz CT molecular complexity index is 389. The van der Waals surface area contributed by atoms with Crippen LogP contribution in [-0.4, -0.2) is 13.2 Å². The average Bonchev–Trinajstić information content (AvgIpc) is 2.66. The van der Waals surface area contributed by atoms with Gasteiger partial charge < -0.3 is 10.5 Å². The number of hydrogen-bond donors (Lipinski definition) is 1. The molecule has 2 N–H and O–H groups in total. The molecule has 1 aliphatic carbocycles. The van der Waals surface area contributed by atoms with Gasteiger partial charge in [-0.15, -0.1) is 0 Å². The Morgan fingerprint density at radius 1 is 1.40 bits per heavy atom. The molecule has 1 fully saturated rings. The van der Waals surface area contributed by atoms with Gasteiger partial charge in [-0.2, -0.15) is 0 Å². The first-order chi connectivity index (χ1) is 7.00. The first kappa shape index (κ1) is 10.8. The molecule has 3 heteroatoms. The number of methoxy groups -OCH3 is 1. The minimum absolute atomic E-state index is 0.123. The van der Waals surface area contributed by atoms with E-state index in [4.69, 9.17) is 22.1 Å². The molecule has 0 amide bonds. The van der Waals surface area contributed by atoms with Crippen molar-refractivity contribution < 1.29 is 4.74 Å². The molecule has 0 bridgehead atoms. The van der Waals surface area contributed by atoms with E-state index in [1.165, 1.54) is 0 Å². The van der Waals surface area contributed by atoms with Crippen molar-refractivity contribution in [2.75, 3.05) is 7.11 Å². The molecule has 0 heterocycles. The lowest BCUT2D eigenvalue weighted by Crippen LogP contribution is -2.06. The molecule has 0 spiro atoms. The van der Waals surface area contributed by atoms with Crippen molar-refractivity contribution in [2.45, 2.75) is 25.8 Å². The number of ether oxygens (including phenoxy) is 1. The van der Waals surface area contributed by atoms with E-state index in [1.807, 2.05) is 18.2 Å². The summed E-state index contributed by atoms with van der Waals surface area (Å²) in [6, 6.07) is 5.89. The normalized spacial score (nSPS) is 27.5. The Hall–Kier alpha value is -0.730. The summed E-state index contributed by atoms with van der Waals surface area (Å²) in [4.78, 5) is 0. The molecule has 0 radical (unpaired) electrons. The van der Waals surface area contributed by atoms with Gasteiger partial charge in [0.25, 0.3) is 0 Å². The van der Waals surface area contributed by atoms with Crippen LogP contribution in [0.4, 0.5) is 0 Å². The number of halogens is 1. The van der Waals surface area contributed by atoms with Crippen molar-refractivity contribution in [3.05, 3.63) is 28.8 Å². The van der Waals surface area contributed by atoms with Gasteiger partial charge in [-0.1, -0.05) is 31.5 Å². The molecule has 0 unspecified atom stereocenters. The number of nitrogens with two attached hydrogens (primary N) is 1. The van der Waals surface area contributed by atoms with Crippen LogP contribution in [-0.2, 0) is 0 Å². The summed E-state index contributed by atoms with van der Waals surface area (Å²) in [7, 11) is 1.66. The van der Waals surface area contributed by atoms with E-state index >= 15 is 0 Å². The van der Waals surface area contributed by atoms with Crippen LogP contribution in [0.15, 0.2) is 18.2 Å². The number of benzene rings is 1. The number of hydrogen-bond acceptors (Lipinski definition) is 2. The summed E-state index contributed by atoms with van der Waals surface area (Å²) in [5.41, 5.74) is 7.23. The molecule has 0 saturated heterocycles. The second kappa shape index (κ2) is 3.39. The molecule has 82 valence electrons. The Morgan fingerprint density at radius 2 is 2.00 bits per heavy atom. The fourth-order valence-corrected chi connectivity index (χ4v) is 2.51. The second-order valence-electron chi connectivity index (χ2n) is 4.68. The smallest absolute Gasteiger partial charge is 0.123 e. The van der Waals surface area contributed by atoms with E-state index in [0.29, 0.717) is 5.92 Å². The maximum Gasteiger partial charge on any atom is 0.123 e. The Balaban J connectivity index is 2.45. The fraction of sp³-hybridized carbons (Fsp3) is 0.500. The third-order valence-electron chi connectivity index (χ3n) is 3.45. The molecule has 1 saturated carbocycles. The Morgan fingerprint density at radius 3 is 2.47 bits per heavy atom. The molecule has 2 rings (SSSR count). The van der Waals surface area contributed by atoms with Crippen LogP contribution < -0.4 is 10.5 Å². The van der Waals surface area contributed by atoms with Crippen molar-refractivity contribution in [1.29, 1.82) is 0 Å². The van der Waals surface area contributed by atoms with Gasteiger partial charge in [0.2, 0.25) is 0 Å². The van der Waals surface area contributed by atoms with Gasteiger partial charge in [-0.3, -0.25) is 0 Å². The molecule has 2 atom stereocenters. The average molecular weight is 226 g/mol. The van der Waals surface area contributed by atoms with E-state index in [1.54, 1.807) is 7.11 Å². The van der Waals surface area contributed by atoms with E-state index in [9.17, 15) is 0 Å². The van der Waals surface area contributed by atoms with Crippen LogP contribution >= 0.6 is 11.6 Å².